The van der Waals surface area contributed by atoms with E-state index in [0.29, 0.717) is 5.78 Å². The lowest BCUT2D eigenvalue weighted by Crippen LogP contribution is -2.23. The first kappa shape index (κ1) is 9.57. The molecule has 1 amide bonds. The van der Waals surface area contributed by atoms with Crippen LogP contribution in [-0.2, 0) is 0 Å². The summed E-state index contributed by atoms with van der Waals surface area (Å²) in [6.07, 6.45) is 1.64. The summed E-state index contributed by atoms with van der Waals surface area (Å²) in [7, 11) is 3.32. The molecule has 0 radical (unpaired) electrons. The molecule has 0 aliphatic heterocycles. The highest BCUT2D eigenvalue weighted by Crippen LogP contribution is 2.02. The maximum atomic E-state index is 11.6. The van der Waals surface area contributed by atoms with E-state index in [0.717, 1.165) is 5.69 Å². The highest BCUT2D eigenvalue weighted by Gasteiger charge is 2.15. The second-order valence-corrected chi connectivity index (χ2v) is 3.43. The molecule has 0 saturated carbocycles. The van der Waals surface area contributed by atoms with Gasteiger partial charge in [0.25, 0.3) is 11.7 Å². The summed E-state index contributed by atoms with van der Waals surface area (Å²) >= 11 is 0. The topological polar surface area (TPSA) is 63.4 Å². The summed E-state index contributed by atoms with van der Waals surface area (Å²) in [5, 5.41) is 4.09. The van der Waals surface area contributed by atoms with E-state index in [4.69, 9.17) is 0 Å². The lowest BCUT2D eigenvalue weighted by atomic mass is 10.5. The van der Waals surface area contributed by atoms with Crippen molar-refractivity contribution in [2.24, 2.45) is 0 Å². The van der Waals surface area contributed by atoms with E-state index < -0.39 is 0 Å². The van der Waals surface area contributed by atoms with Crippen LogP contribution in [-0.4, -0.2) is 44.5 Å². The Bertz CT molecular complexity index is 516. The number of carbonyl (C=O) groups is 1. The van der Waals surface area contributed by atoms with Crippen LogP contribution in [0.1, 0.15) is 16.3 Å². The maximum absolute atomic E-state index is 11.6. The van der Waals surface area contributed by atoms with Crippen LogP contribution in [0.2, 0.25) is 0 Å². The van der Waals surface area contributed by atoms with Crippen LogP contribution in [0.25, 0.3) is 5.78 Å². The molecule has 0 aromatic carbocycles. The van der Waals surface area contributed by atoms with Gasteiger partial charge in [0, 0.05) is 26.0 Å². The normalized spacial score (nSPS) is 10.6. The molecule has 2 aromatic heterocycles. The number of amides is 1. The first-order chi connectivity index (χ1) is 7.09. The fourth-order valence-corrected chi connectivity index (χ4v) is 1.20. The van der Waals surface area contributed by atoms with Gasteiger partial charge < -0.3 is 4.90 Å². The molecule has 0 spiro atoms. The van der Waals surface area contributed by atoms with Gasteiger partial charge in [0.1, 0.15) is 0 Å². The van der Waals surface area contributed by atoms with Crippen molar-refractivity contribution in [2.45, 2.75) is 6.92 Å². The Labute approximate surface area is 86.6 Å². The fourth-order valence-electron chi connectivity index (χ4n) is 1.20. The molecule has 0 atom stereocenters. The van der Waals surface area contributed by atoms with E-state index in [1.165, 1.54) is 4.90 Å². The third-order valence-electron chi connectivity index (χ3n) is 2.03. The lowest BCUT2D eigenvalue weighted by molar-refractivity contribution is 0.0816. The van der Waals surface area contributed by atoms with Gasteiger partial charge in [-0.2, -0.15) is 4.98 Å². The largest absolute Gasteiger partial charge is 0.342 e. The maximum Gasteiger partial charge on any atom is 0.293 e. The van der Waals surface area contributed by atoms with E-state index >= 15 is 0 Å². The average molecular weight is 205 g/mol. The van der Waals surface area contributed by atoms with Crippen molar-refractivity contribution in [3.05, 3.63) is 23.8 Å². The van der Waals surface area contributed by atoms with E-state index in [2.05, 4.69) is 15.1 Å². The van der Waals surface area contributed by atoms with Gasteiger partial charge >= 0.3 is 0 Å². The van der Waals surface area contributed by atoms with Crippen molar-refractivity contribution in [2.75, 3.05) is 14.1 Å². The van der Waals surface area contributed by atoms with E-state index in [9.17, 15) is 4.79 Å². The van der Waals surface area contributed by atoms with Gasteiger partial charge in [-0.3, -0.25) is 4.79 Å². The van der Waals surface area contributed by atoms with Crippen molar-refractivity contribution in [1.82, 2.24) is 24.5 Å². The lowest BCUT2D eigenvalue weighted by Gasteiger charge is -2.05. The average Bonchev–Trinajstić information content (AvgIpc) is 2.61. The first-order valence-corrected chi connectivity index (χ1v) is 4.49. The van der Waals surface area contributed by atoms with Crippen molar-refractivity contribution < 1.29 is 4.79 Å². The number of nitrogens with zero attached hydrogens (tertiary/aromatic N) is 5. The van der Waals surface area contributed by atoms with E-state index in [1.54, 1.807) is 24.8 Å². The van der Waals surface area contributed by atoms with Crippen molar-refractivity contribution >= 4 is 11.7 Å². The molecular weight excluding hydrogens is 194 g/mol. The summed E-state index contributed by atoms with van der Waals surface area (Å²) < 4.78 is 1.55. The summed E-state index contributed by atoms with van der Waals surface area (Å²) in [6, 6.07) is 1.81. The molecule has 2 aromatic rings. The Morgan fingerprint density at radius 3 is 2.80 bits per heavy atom. The molecule has 6 heteroatoms. The predicted molar refractivity (Wildman–Crippen MR) is 53.5 cm³/mol. The number of aromatic nitrogens is 4. The van der Waals surface area contributed by atoms with Gasteiger partial charge in [0.15, 0.2) is 0 Å². The van der Waals surface area contributed by atoms with Gasteiger partial charge in [-0.05, 0) is 13.0 Å². The SMILES string of the molecule is Cc1ccnc2nc(C(=O)N(C)C)nn12. The van der Waals surface area contributed by atoms with Gasteiger partial charge in [-0.1, -0.05) is 0 Å². The predicted octanol–water partition coefficient (Wildman–Crippen LogP) is 0.135. The van der Waals surface area contributed by atoms with Gasteiger partial charge in [-0.15, -0.1) is 5.10 Å². The van der Waals surface area contributed by atoms with Crippen LogP contribution in [0.15, 0.2) is 12.3 Å². The second-order valence-electron chi connectivity index (χ2n) is 3.43. The molecule has 0 bridgehead atoms. The Balaban J connectivity index is 2.57. The van der Waals surface area contributed by atoms with E-state index in [-0.39, 0.29) is 11.7 Å². The van der Waals surface area contributed by atoms with Crippen molar-refractivity contribution in [1.29, 1.82) is 0 Å². The minimum atomic E-state index is -0.222. The molecule has 78 valence electrons. The van der Waals surface area contributed by atoms with Crippen LogP contribution in [0.3, 0.4) is 0 Å². The molecule has 6 nitrogen and oxygen atoms in total. The second kappa shape index (κ2) is 3.30. The zero-order chi connectivity index (χ0) is 11.0. The molecule has 2 heterocycles. The Hall–Kier alpha value is -1.98. The molecule has 0 N–H and O–H groups in total. The van der Waals surface area contributed by atoms with Crippen molar-refractivity contribution in [3.8, 4) is 0 Å². The number of carbonyl (C=O) groups excluding carboxylic acids is 1. The zero-order valence-corrected chi connectivity index (χ0v) is 8.80. The number of hydrogen-bond donors (Lipinski definition) is 0. The molecule has 2 rings (SSSR count). The number of rotatable bonds is 1. The molecule has 0 unspecified atom stereocenters. The summed E-state index contributed by atoms with van der Waals surface area (Å²) in [4.78, 5) is 21.1. The number of aryl methyl sites for hydroxylation is 1. The van der Waals surface area contributed by atoms with Crippen LogP contribution in [0.5, 0.6) is 0 Å². The number of hydrogen-bond acceptors (Lipinski definition) is 4. The molecule has 0 aliphatic carbocycles. The van der Waals surface area contributed by atoms with Crippen LogP contribution < -0.4 is 0 Å². The highest BCUT2D eigenvalue weighted by molar-refractivity contribution is 5.90. The first-order valence-electron chi connectivity index (χ1n) is 4.49. The van der Waals surface area contributed by atoms with Crippen LogP contribution in [0.4, 0.5) is 0 Å². The molecule has 15 heavy (non-hydrogen) atoms. The smallest absolute Gasteiger partial charge is 0.293 e. The summed E-state index contributed by atoms with van der Waals surface area (Å²) in [5.41, 5.74) is 0.894. The molecule has 0 fully saturated rings. The minimum absolute atomic E-state index is 0.168. The van der Waals surface area contributed by atoms with Gasteiger partial charge in [-0.25, -0.2) is 9.50 Å². The summed E-state index contributed by atoms with van der Waals surface area (Å²) in [5.74, 6) is 0.391. The minimum Gasteiger partial charge on any atom is -0.342 e. The third kappa shape index (κ3) is 1.54. The van der Waals surface area contributed by atoms with Crippen LogP contribution >= 0.6 is 0 Å². The molecular formula is C9H11N5O. The van der Waals surface area contributed by atoms with Gasteiger partial charge in [0.05, 0.1) is 0 Å². The van der Waals surface area contributed by atoms with Crippen molar-refractivity contribution in [3.63, 3.8) is 0 Å². The number of fused-ring (bicyclic) bond motifs is 1. The van der Waals surface area contributed by atoms with Crippen LogP contribution in [0, 0.1) is 6.92 Å². The Morgan fingerprint density at radius 1 is 1.47 bits per heavy atom. The molecule has 0 saturated heterocycles. The Kier molecular flexibility index (Phi) is 2.11. The molecule has 0 aliphatic rings. The van der Waals surface area contributed by atoms with E-state index in [1.807, 2.05) is 13.0 Å². The zero-order valence-electron chi connectivity index (χ0n) is 8.80. The Morgan fingerprint density at radius 2 is 2.20 bits per heavy atom. The fraction of sp³-hybridized carbons (Fsp3) is 0.333. The summed E-state index contributed by atoms with van der Waals surface area (Å²) in [6.45, 7) is 1.88. The monoisotopic (exact) mass is 205 g/mol. The third-order valence-corrected chi connectivity index (χ3v) is 2.03. The highest BCUT2D eigenvalue weighted by atomic mass is 16.2. The standard InChI is InChI=1S/C9H11N5O/c1-6-4-5-10-9-11-7(12-14(6)9)8(15)13(2)3/h4-5H,1-3H3. The quantitative estimate of drug-likeness (QED) is 0.664. The van der Waals surface area contributed by atoms with Gasteiger partial charge in [0.2, 0.25) is 5.82 Å².